The Morgan fingerprint density at radius 2 is 1.63 bits per heavy atom. The van der Waals surface area contributed by atoms with Gasteiger partial charge in [0.2, 0.25) is 5.91 Å². The fourth-order valence-corrected chi connectivity index (χ4v) is 3.41. The molecule has 0 saturated carbocycles. The van der Waals surface area contributed by atoms with Crippen molar-refractivity contribution in [2.45, 2.75) is 18.6 Å². The number of carbonyl (C=O) groups excluding carboxylic acids is 1. The van der Waals surface area contributed by atoms with Gasteiger partial charge in [-0.3, -0.25) is 4.79 Å². The summed E-state index contributed by atoms with van der Waals surface area (Å²) in [6.07, 6.45) is 1.75. The molecule has 0 aliphatic carbocycles. The van der Waals surface area contributed by atoms with Crippen molar-refractivity contribution in [3.63, 3.8) is 0 Å². The number of carbonyl (C=O) groups is 1. The molecule has 27 heavy (non-hydrogen) atoms. The first kappa shape index (κ1) is 21.0. The van der Waals surface area contributed by atoms with E-state index in [1.807, 2.05) is 42.5 Å². The second kappa shape index (κ2) is 11.4. The van der Waals surface area contributed by atoms with Crippen molar-refractivity contribution in [3.8, 4) is 17.2 Å². The van der Waals surface area contributed by atoms with Crippen LogP contribution >= 0.6 is 11.8 Å². The number of benzene rings is 2. The molecular weight excluding hydrogens is 362 g/mol. The molecule has 1 amide bonds. The van der Waals surface area contributed by atoms with Gasteiger partial charge in [-0.15, -0.1) is 11.8 Å². The highest BCUT2D eigenvalue weighted by molar-refractivity contribution is 7.99. The molecular formula is C21H27NO4S. The van der Waals surface area contributed by atoms with Crippen LogP contribution in [-0.4, -0.2) is 39.5 Å². The van der Waals surface area contributed by atoms with Gasteiger partial charge in [0.15, 0.2) is 11.5 Å². The fourth-order valence-electron chi connectivity index (χ4n) is 2.59. The number of thioether (sulfide) groups is 1. The van der Waals surface area contributed by atoms with Gasteiger partial charge in [-0.25, -0.2) is 0 Å². The Morgan fingerprint density at radius 1 is 0.926 bits per heavy atom. The summed E-state index contributed by atoms with van der Waals surface area (Å²) in [6.45, 7) is 0.663. The zero-order chi connectivity index (χ0) is 19.5. The van der Waals surface area contributed by atoms with Crippen LogP contribution in [0.2, 0.25) is 0 Å². The molecule has 0 aliphatic heterocycles. The van der Waals surface area contributed by atoms with Gasteiger partial charge in [-0.2, -0.15) is 0 Å². The van der Waals surface area contributed by atoms with Crippen LogP contribution in [0.15, 0.2) is 42.5 Å². The quantitative estimate of drug-likeness (QED) is 0.594. The molecule has 2 aromatic rings. The minimum atomic E-state index is 0.0702. The largest absolute Gasteiger partial charge is 0.497 e. The molecule has 0 bridgehead atoms. The molecule has 0 aromatic heterocycles. The van der Waals surface area contributed by atoms with Gasteiger partial charge < -0.3 is 19.5 Å². The van der Waals surface area contributed by atoms with E-state index in [1.165, 1.54) is 5.56 Å². The third-order valence-corrected chi connectivity index (χ3v) is 5.08. The van der Waals surface area contributed by atoms with E-state index >= 15 is 0 Å². The average molecular weight is 390 g/mol. The summed E-state index contributed by atoms with van der Waals surface area (Å²) in [4.78, 5) is 11.9. The van der Waals surface area contributed by atoms with Crippen molar-refractivity contribution >= 4 is 17.7 Å². The lowest BCUT2D eigenvalue weighted by molar-refractivity contribution is -0.118. The maximum absolute atomic E-state index is 11.9. The van der Waals surface area contributed by atoms with Gasteiger partial charge >= 0.3 is 0 Å². The van der Waals surface area contributed by atoms with Crippen LogP contribution in [0.25, 0.3) is 0 Å². The zero-order valence-corrected chi connectivity index (χ0v) is 16.9. The minimum absolute atomic E-state index is 0.0702. The summed E-state index contributed by atoms with van der Waals surface area (Å²) in [5.41, 5.74) is 2.35. The number of ether oxygens (including phenoxy) is 3. The Kier molecular flexibility index (Phi) is 8.84. The highest BCUT2D eigenvalue weighted by atomic mass is 32.2. The summed E-state index contributed by atoms with van der Waals surface area (Å²) in [7, 11) is 4.91. The van der Waals surface area contributed by atoms with E-state index in [0.29, 0.717) is 12.3 Å². The summed E-state index contributed by atoms with van der Waals surface area (Å²) >= 11 is 1.61. The first-order valence-corrected chi connectivity index (χ1v) is 10.00. The number of nitrogens with one attached hydrogen (secondary N) is 1. The Labute approximate surface area is 165 Å². The molecule has 0 aliphatic rings. The van der Waals surface area contributed by atoms with Crippen LogP contribution in [-0.2, 0) is 17.0 Å². The van der Waals surface area contributed by atoms with E-state index in [-0.39, 0.29) is 5.91 Å². The number of hydrogen-bond acceptors (Lipinski definition) is 5. The Balaban J connectivity index is 1.63. The predicted octanol–water partition coefficient (Wildman–Crippen LogP) is 3.69. The van der Waals surface area contributed by atoms with Crippen molar-refractivity contribution in [2.75, 3.05) is 33.6 Å². The van der Waals surface area contributed by atoms with E-state index in [9.17, 15) is 4.79 Å². The molecule has 2 aromatic carbocycles. The highest BCUT2D eigenvalue weighted by Crippen LogP contribution is 2.27. The lowest BCUT2D eigenvalue weighted by Crippen LogP contribution is -2.26. The van der Waals surface area contributed by atoms with E-state index in [0.717, 1.165) is 41.4 Å². The number of hydrogen-bond donors (Lipinski definition) is 1. The second-order valence-electron chi connectivity index (χ2n) is 5.98. The van der Waals surface area contributed by atoms with E-state index in [4.69, 9.17) is 14.2 Å². The van der Waals surface area contributed by atoms with Crippen molar-refractivity contribution in [2.24, 2.45) is 0 Å². The standard InChI is InChI=1S/C21H27NO4S/c1-24-18-9-6-17(7-10-18)14-27-15-21(23)22-12-4-5-16-8-11-19(25-2)20(13-16)26-3/h6-11,13H,4-5,12,14-15H2,1-3H3,(H,22,23). The Morgan fingerprint density at radius 3 is 2.30 bits per heavy atom. The summed E-state index contributed by atoms with van der Waals surface area (Å²) in [5, 5.41) is 2.97. The molecule has 1 N–H and O–H groups in total. The van der Waals surface area contributed by atoms with Crippen molar-refractivity contribution in [1.29, 1.82) is 0 Å². The van der Waals surface area contributed by atoms with Crippen LogP contribution in [0.1, 0.15) is 17.5 Å². The molecule has 5 nitrogen and oxygen atoms in total. The molecule has 0 saturated heterocycles. The predicted molar refractivity (Wildman–Crippen MR) is 110 cm³/mol. The number of amides is 1. The molecule has 146 valence electrons. The third kappa shape index (κ3) is 7.06. The number of aryl methyl sites for hydroxylation is 1. The van der Waals surface area contributed by atoms with Crippen LogP contribution in [0.5, 0.6) is 17.2 Å². The molecule has 0 fully saturated rings. The van der Waals surface area contributed by atoms with Crippen LogP contribution < -0.4 is 19.5 Å². The fraction of sp³-hybridized carbons (Fsp3) is 0.381. The minimum Gasteiger partial charge on any atom is -0.497 e. The first-order chi connectivity index (χ1) is 13.2. The highest BCUT2D eigenvalue weighted by Gasteiger charge is 2.05. The van der Waals surface area contributed by atoms with Gasteiger partial charge in [-0.1, -0.05) is 18.2 Å². The molecule has 0 atom stereocenters. The smallest absolute Gasteiger partial charge is 0.230 e. The van der Waals surface area contributed by atoms with Gasteiger partial charge in [0.1, 0.15) is 5.75 Å². The molecule has 0 radical (unpaired) electrons. The third-order valence-electron chi connectivity index (χ3n) is 4.07. The molecule has 0 heterocycles. The SMILES string of the molecule is COc1ccc(CSCC(=O)NCCCc2ccc(OC)c(OC)c2)cc1. The maximum Gasteiger partial charge on any atom is 0.230 e. The van der Waals surface area contributed by atoms with Crippen LogP contribution in [0.4, 0.5) is 0 Å². The molecule has 2 rings (SSSR count). The van der Waals surface area contributed by atoms with Gasteiger partial charge in [-0.05, 0) is 48.2 Å². The van der Waals surface area contributed by atoms with E-state index < -0.39 is 0 Å². The topological polar surface area (TPSA) is 56.8 Å². The summed E-state index contributed by atoms with van der Waals surface area (Å²) in [6, 6.07) is 13.8. The van der Waals surface area contributed by atoms with Crippen molar-refractivity contribution in [3.05, 3.63) is 53.6 Å². The molecule has 0 unspecified atom stereocenters. The maximum atomic E-state index is 11.9. The van der Waals surface area contributed by atoms with Gasteiger partial charge in [0.25, 0.3) is 0 Å². The lowest BCUT2D eigenvalue weighted by atomic mass is 10.1. The number of methoxy groups -OCH3 is 3. The first-order valence-electron chi connectivity index (χ1n) is 8.84. The zero-order valence-electron chi connectivity index (χ0n) is 16.1. The van der Waals surface area contributed by atoms with E-state index in [1.54, 1.807) is 33.1 Å². The summed E-state index contributed by atoms with van der Waals surface area (Å²) < 4.78 is 15.7. The van der Waals surface area contributed by atoms with E-state index in [2.05, 4.69) is 5.32 Å². The summed E-state index contributed by atoms with van der Waals surface area (Å²) in [5.74, 6) is 3.64. The Bertz CT molecular complexity index is 719. The van der Waals surface area contributed by atoms with Gasteiger partial charge in [0.05, 0.1) is 27.1 Å². The lowest BCUT2D eigenvalue weighted by Gasteiger charge is -2.10. The number of rotatable bonds is 11. The van der Waals surface area contributed by atoms with Crippen molar-refractivity contribution < 1.29 is 19.0 Å². The molecule has 0 spiro atoms. The van der Waals surface area contributed by atoms with Crippen LogP contribution in [0, 0.1) is 0 Å². The van der Waals surface area contributed by atoms with Crippen LogP contribution in [0.3, 0.4) is 0 Å². The van der Waals surface area contributed by atoms with Gasteiger partial charge in [0, 0.05) is 12.3 Å². The Hall–Kier alpha value is -2.34. The monoisotopic (exact) mass is 389 g/mol. The van der Waals surface area contributed by atoms with Crippen molar-refractivity contribution in [1.82, 2.24) is 5.32 Å². The average Bonchev–Trinajstić information content (AvgIpc) is 2.71. The second-order valence-corrected chi connectivity index (χ2v) is 6.97. The normalized spacial score (nSPS) is 10.3. The molecule has 6 heteroatoms.